The topological polar surface area (TPSA) is 121 Å². The number of esters is 1. The molecule has 2 aromatic carbocycles. The van der Waals surface area contributed by atoms with Gasteiger partial charge in [0.25, 0.3) is 5.69 Å². The largest absolute Gasteiger partial charge is 0.451 e. The smallest absolute Gasteiger partial charge is 0.339 e. The van der Waals surface area contributed by atoms with E-state index in [4.69, 9.17) is 4.74 Å². The van der Waals surface area contributed by atoms with Gasteiger partial charge in [-0.05, 0) is 26.0 Å². The maximum Gasteiger partial charge on any atom is 0.339 e. The van der Waals surface area contributed by atoms with Crippen molar-refractivity contribution in [1.82, 2.24) is 0 Å². The lowest BCUT2D eigenvalue weighted by atomic mass is 10.1. The molecule has 0 unspecified atom stereocenters. The van der Waals surface area contributed by atoms with Crippen LogP contribution in [0, 0.1) is 17.0 Å². The van der Waals surface area contributed by atoms with Crippen LogP contribution in [0.1, 0.15) is 33.2 Å². The number of nitrogens with zero attached hydrogens (tertiary/aromatic N) is 1. The Morgan fingerprint density at radius 2 is 1.63 bits per heavy atom. The number of carbonyl (C=O) groups excluding carboxylic acids is 2. The zero-order valence-electron chi connectivity index (χ0n) is 14.8. The summed E-state index contributed by atoms with van der Waals surface area (Å²) in [5.41, 5.74) is 0.371. The highest BCUT2D eigenvalue weighted by molar-refractivity contribution is 7.90. The first kappa shape index (κ1) is 20.2. The minimum atomic E-state index is -3.84. The highest BCUT2D eigenvalue weighted by atomic mass is 32.2. The lowest BCUT2D eigenvalue weighted by Crippen LogP contribution is -2.24. The Balaban J connectivity index is 2.25. The lowest BCUT2D eigenvalue weighted by molar-refractivity contribution is -0.387. The van der Waals surface area contributed by atoms with Gasteiger partial charge in [-0.3, -0.25) is 14.9 Å². The van der Waals surface area contributed by atoms with Gasteiger partial charge in [-0.25, -0.2) is 13.2 Å². The number of carbonyl (C=O) groups is 2. The number of nitro groups is 1. The number of aryl methyl sites for hydroxylation is 1. The fraction of sp³-hybridized carbons (Fsp3) is 0.222. The van der Waals surface area contributed by atoms with Gasteiger partial charge < -0.3 is 4.74 Å². The summed E-state index contributed by atoms with van der Waals surface area (Å²) in [6, 6.07) is 9.60. The summed E-state index contributed by atoms with van der Waals surface area (Å²) in [6.07, 6.45) is -0.288. The highest BCUT2D eigenvalue weighted by Gasteiger charge is 2.26. The van der Waals surface area contributed by atoms with E-state index in [2.05, 4.69) is 0 Å². The van der Waals surface area contributed by atoms with Crippen molar-refractivity contribution in [2.45, 2.75) is 24.8 Å². The molecule has 8 nitrogen and oxygen atoms in total. The molecule has 2 rings (SSSR count). The van der Waals surface area contributed by atoms with Crippen molar-refractivity contribution in [1.29, 1.82) is 0 Å². The van der Waals surface area contributed by atoms with Crippen molar-refractivity contribution in [3.63, 3.8) is 0 Å². The number of sulfone groups is 1. The van der Waals surface area contributed by atoms with Crippen LogP contribution < -0.4 is 0 Å². The van der Waals surface area contributed by atoms with Gasteiger partial charge in [0.2, 0.25) is 5.78 Å². The minimum Gasteiger partial charge on any atom is -0.451 e. The van der Waals surface area contributed by atoms with Crippen LogP contribution in [0.2, 0.25) is 0 Å². The molecule has 2 aromatic rings. The molecule has 0 saturated heterocycles. The van der Waals surface area contributed by atoms with E-state index in [0.717, 1.165) is 30.0 Å². The molecule has 0 saturated carbocycles. The predicted octanol–water partition coefficient (Wildman–Crippen LogP) is 2.73. The molecule has 0 heterocycles. The number of Topliss-reactive ketones (excluding diaryl/α,β-unsaturated/α-hetero) is 1. The molecule has 0 spiro atoms. The Morgan fingerprint density at radius 1 is 1.07 bits per heavy atom. The predicted molar refractivity (Wildman–Crippen MR) is 96.6 cm³/mol. The fourth-order valence-electron chi connectivity index (χ4n) is 2.34. The van der Waals surface area contributed by atoms with Crippen LogP contribution in [0.25, 0.3) is 0 Å². The van der Waals surface area contributed by atoms with Crippen molar-refractivity contribution in [2.24, 2.45) is 0 Å². The van der Waals surface area contributed by atoms with Crippen LogP contribution in [0.3, 0.4) is 0 Å². The van der Waals surface area contributed by atoms with Crippen LogP contribution in [-0.4, -0.2) is 37.5 Å². The fourth-order valence-corrected chi connectivity index (χ4v) is 3.16. The number of ether oxygens (including phenoxy) is 1. The number of hydrogen-bond donors (Lipinski definition) is 0. The first-order chi connectivity index (χ1) is 12.5. The first-order valence-corrected chi connectivity index (χ1v) is 9.70. The van der Waals surface area contributed by atoms with Gasteiger partial charge in [0.15, 0.2) is 15.9 Å². The third-order valence-corrected chi connectivity index (χ3v) is 4.92. The van der Waals surface area contributed by atoms with E-state index in [0.29, 0.717) is 5.56 Å². The Hall–Kier alpha value is -3.07. The minimum absolute atomic E-state index is 0.224. The molecule has 0 aliphatic carbocycles. The van der Waals surface area contributed by atoms with E-state index in [-0.39, 0.29) is 5.56 Å². The Labute approximate surface area is 155 Å². The van der Waals surface area contributed by atoms with Gasteiger partial charge in [0.05, 0.1) is 10.5 Å². The number of ketones is 1. The van der Waals surface area contributed by atoms with E-state index < -0.39 is 43.2 Å². The number of rotatable bonds is 6. The lowest BCUT2D eigenvalue weighted by Gasteiger charge is -2.13. The zero-order chi connectivity index (χ0) is 20.4. The van der Waals surface area contributed by atoms with Gasteiger partial charge >= 0.3 is 5.97 Å². The molecule has 0 aliphatic rings. The Bertz CT molecular complexity index is 1010. The molecule has 0 aromatic heterocycles. The van der Waals surface area contributed by atoms with Crippen LogP contribution in [0.4, 0.5) is 5.69 Å². The maximum absolute atomic E-state index is 12.3. The van der Waals surface area contributed by atoms with Gasteiger partial charge in [0.1, 0.15) is 4.90 Å². The summed E-state index contributed by atoms with van der Waals surface area (Å²) in [7, 11) is -3.84. The van der Waals surface area contributed by atoms with Crippen LogP contribution in [0.15, 0.2) is 47.4 Å². The number of nitro benzene ring substituents is 1. The Morgan fingerprint density at radius 3 is 2.15 bits per heavy atom. The average molecular weight is 391 g/mol. The van der Waals surface area contributed by atoms with E-state index in [1.165, 1.54) is 6.92 Å². The molecule has 0 fully saturated rings. The van der Waals surface area contributed by atoms with Crippen LogP contribution in [0.5, 0.6) is 0 Å². The Kier molecular flexibility index (Phi) is 5.75. The van der Waals surface area contributed by atoms with Gasteiger partial charge in [-0.1, -0.05) is 29.8 Å². The van der Waals surface area contributed by atoms with Gasteiger partial charge in [0, 0.05) is 17.9 Å². The van der Waals surface area contributed by atoms with Crippen molar-refractivity contribution < 1.29 is 27.7 Å². The van der Waals surface area contributed by atoms with E-state index >= 15 is 0 Å². The first-order valence-electron chi connectivity index (χ1n) is 7.81. The van der Waals surface area contributed by atoms with E-state index in [1.807, 2.05) is 6.92 Å². The van der Waals surface area contributed by atoms with E-state index in [9.17, 15) is 28.1 Å². The molecule has 1 atom stereocenters. The SMILES string of the molecule is Cc1ccc(C(=O)[C@@H](C)OC(=O)c2ccc(S(C)(=O)=O)c([N+](=O)[O-])c2)cc1. The highest BCUT2D eigenvalue weighted by Crippen LogP contribution is 2.25. The van der Waals surface area contributed by atoms with Crippen molar-refractivity contribution >= 4 is 27.3 Å². The summed E-state index contributed by atoms with van der Waals surface area (Å²) in [4.78, 5) is 34.3. The van der Waals surface area contributed by atoms with Crippen molar-refractivity contribution in [3.8, 4) is 0 Å². The second-order valence-electron chi connectivity index (χ2n) is 5.99. The van der Waals surface area contributed by atoms with Crippen LogP contribution >= 0.6 is 0 Å². The van der Waals surface area contributed by atoms with E-state index in [1.54, 1.807) is 24.3 Å². The third kappa shape index (κ3) is 4.76. The maximum atomic E-state index is 12.3. The second-order valence-corrected chi connectivity index (χ2v) is 7.97. The number of benzene rings is 2. The standard InChI is InChI=1S/C18H17NO7S/c1-11-4-6-13(7-5-11)17(20)12(2)26-18(21)14-8-9-16(27(3,24)25)15(10-14)19(22)23/h4-10,12H,1-3H3/t12-/m1/s1. The van der Waals surface area contributed by atoms with Crippen molar-refractivity contribution in [2.75, 3.05) is 6.26 Å². The number of hydrogen-bond acceptors (Lipinski definition) is 7. The van der Waals surface area contributed by atoms with Gasteiger partial charge in [-0.2, -0.15) is 0 Å². The summed E-state index contributed by atoms with van der Waals surface area (Å²) < 4.78 is 28.3. The summed E-state index contributed by atoms with van der Waals surface area (Å²) in [5, 5.41) is 11.1. The molecule has 0 aliphatic heterocycles. The molecule has 9 heteroatoms. The zero-order valence-corrected chi connectivity index (χ0v) is 15.6. The molecule has 0 amide bonds. The van der Waals surface area contributed by atoms with Crippen LogP contribution in [-0.2, 0) is 14.6 Å². The second kappa shape index (κ2) is 7.67. The molecule has 142 valence electrons. The monoisotopic (exact) mass is 391 g/mol. The summed E-state index contributed by atoms with van der Waals surface area (Å²) in [6.45, 7) is 3.25. The molecular formula is C18H17NO7S. The normalized spacial score (nSPS) is 12.3. The molecule has 0 N–H and O–H groups in total. The van der Waals surface area contributed by atoms with Gasteiger partial charge in [-0.15, -0.1) is 0 Å². The summed E-state index contributed by atoms with van der Waals surface area (Å²) >= 11 is 0. The average Bonchev–Trinajstić information content (AvgIpc) is 2.60. The summed E-state index contributed by atoms with van der Waals surface area (Å²) in [5.74, 6) is -1.39. The third-order valence-electron chi connectivity index (χ3n) is 3.78. The van der Waals surface area contributed by atoms with Crippen molar-refractivity contribution in [3.05, 3.63) is 69.3 Å². The quantitative estimate of drug-likeness (QED) is 0.321. The molecule has 27 heavy (non-hydrogen) atoms. The molecule has 0 bridgehead atoms. The molecule has 0 radical (unpaired) electrons. The molecular weight excluding hydrogens is 374 g/mol.